The van der Waals surface area contributed by atoms with E-state index in [1.54, 1.807) is 11.8 Å². The van der Waals surface area contributed by atoms with Gasteiger partial charge in [0.2, 0.25) is 11.8 Å². The molecule has 0 unspecified atom stereocenters. The van der Waals surface area contributed by atoms with Gasteiger partial charge in [-0.2, -0.15) is 0 Å². The molecule has 2 fully saturated rings. The second kappa shape index (κ2) is 9.46. The Morgan fingerprint density at radius 1 is 1.03 bits per heavy atom. The molecule has 2 aromatic carbocycles. The van der Waals surface area contributed by atoms with Crippen LogP contribution in [-0.4, -0.2) is 35.0 Å². The summed E-state index contributed by atoms with van der Waals surface area (Å²) in [6, 6.07) is 17.8. The van der Waals surface area contributed by atoms with Crippen molar-refractivity contribution in [3.8, 4) is 0 Å². The lowest BCUT2D eigenvalue weighted by Gasteiger charge is -2.43. The number of carbonyl (C=O) groups excluding carboxylic acids is 2. The Bertz CT molecular complexity index is 939. The second-order valence-electron chi connectivity index (χ2n) is 8.85. The maximum Gasteiger partial charge on any atom is 0.243 e. The first-order chi connectivity index (χ1) is 15.0. The number of hydrogen-bond acceptors (Lipinski definition) is 3. The highest BCUT2D eigenvalue weighted by Crippen LogP contribution is 2.38. The van der Waals surface area contributed by atoms with Crippen LogP contribution in [0.25, 0.3) is 0 Å². The van der Waals surface area contributed by atoms with Gasteiger partial charge in [0.05, 0.1) is 0 Å². The van der Waals surface area contributed by atoms with Gasteiger partial charge < -0.3 is 15.6 Å². The van der Waals surface area contributed by atoms with Crippen LogP contribution in [0.2, 0.25) is 0 Å². The minimum Gasteiger partial charge on any atom is -0.350 e. The van der Waals surface area contributed by atoms with Crippen LogP contribution in [0.1, 0.15) is 61.6 Å². The smallest absolute Gasteiger partial charge is 0.243 e. The van der Waals surface area contributed by atoms with E-state index in [2.05, 4.69) is 29.6 Å². The maximum atomic E-state index is 13.2. The van der Waals surface area contributed by atoms with Crippen LogP contribution < -0.4 is 5.32 Å². The molecule has 2 aliphatic rings. The van der Waals surface area contributed by atoms with Crippen molar-refractivity contribution in [3.05, 3.63) is 71.3 Å². The number of amides is 2. The molecule has 3 atom stereocenters. The van der Waals surface area contributed by atoms with Gasteiger partial charge in [-0.1, -0.05) is 61.0 Å². The van der Waals surface area contributed by atoms with Crippen LogP contribution in [-0.2, 0) is 16.1 Å². The average molecular weight is 418 g/mol. The van der Waals surface area contributed by atoms with E-state index in [1.165, 1.54) is 5.56 Å². The van der Waals surface area contributed by atoms with Crippen molar-refractivity contribution in [2.45, 2.75) is 57.5 Å². The van der Waals surface area contributed by atoms with Crippen LogP contribution in [0.4, 0.5) is 0 Å². The number of benzene rings is 2. The third kappa shape index (κ3) is 4.87. The van der Waals surface area contributed by atoms with Crippen molar-refractivity contribution >= 4 is 17.5 Å². The molecule has 2 amide bonds. The third-order valence-corrected chi connectivity index (χ3v) is 6.75. The molecular weight excluding hydrogens is 386 g/mol. The fourth-order valence-corrected chi connectivity index (χ4v) is 4.78. The zero-order chi connectivity index (χ0) is 21.8. The summed E-state index contributed by atoms with van der Waals surface area (Å²) in [4.78, 5) is 27.7. The summed E-state index contributed by atoms with van der Waals surface area (Å²) >= 11 is 0. The summed E-state index contributed by atoms with van der Waals surface area (Å²) in [7, 11) is 0. The predicted molar refractivity (Wildman–Crippen MR) is 122 cm³/mol. The molecule has 1 aliphatic carbocycles. The molecule has 31 heavy (non-hydrogen) atoms. The molecular formula is C26H31N3O2. The summed E-state index contributed by atoms with van der Waals surface area (Å²) < 4.78 is 0. The SMILES string of the molecule is CC(=N)c1ccc(CNC(=O)[C@@H]2CCN2C(=O)[C@@H]2CCC[C@H](c3ccccc3)C2)cc1. The first-order valence-electron chi connectivity index (χ1n) is 11.3. The highest BCUT2D eigenvalue weighted by Gasteiger charge is 2.41. The topological polar surface area (TPSA) is 73.3 Å². The minimum absolute atomic E-state index is 0.0199. The molecule has 1 saturated carbocycles. The summed E-state index contributed by atoms with van der Waals surface area (Å²) in [5.74, 6) is 0.539. The maximum absolute atomic E-state index is 13.2. The van der Waals surface area contributed by atoms with Gasteiger partial charge in [-0.25, -0.2) is 0 Å². The quantitative estimate of drug-likeness (QED) is 0.689. The molecule has 162 valence electrons. The van der Waals surface area contributed by atoms with Gasteiger partial charge in [0.1, 0.15) is 6.04 Å². The zero-order valence-electron chi connectivity index (χ0n) is 18.1. The van der Waals surface area contributed by atoms with Gasteiger partial charge in [0, 0.05) is 24.7 Å². The number of nitrogens with zero attached hydrogens (tertiary/aromatic N) is 1. The summed E-state index contributed by atoms with van der Waals surface area (Å²) in [5, 5.41) is 10.7. The van der Waals surface area contributed by atoms with Gasteiger partial charge in [-0.15, -0.1) is 0 Å². The van der Waals surface area contributed by atoms with Crippen molar-refractivity contribution in [2.24, 2.45) is 5.92 Å². The highest BCUT2D eigenvalue weighted by atomic mass is 16.2. The van der Waals surface area contributed by atoms with Crippen molar-refractivity contribution in [1.82, 2.24) is 10.2 Å². The summed E-state index contributed by atoms with van der Waals surface area (Å²) in [6.45, 7) is 2.87. The average Bonchev–Trinajstić information content (AvgIpc) is 2.78. The number of nitrogens with one attached hydrogen (secondary N) is 2. The molecule has 2 aromatic rings. The van der Waals surface area contributed by atoms with E-state index >= 15 is 0 Å². The van der Waals surface area contributed by atoms with Crippen molar-refractivity contribution in [1.29, 1.82) is 5.41 Å². The Morgan fingerprint density at radius 2 is 1.77 bits per heavy atom. The molecule has 4 rings (SSSR count). The third-order valence-electron chi connectivity index (χ3n) is 6.75. The number of carbonyl (C=O) groups is 2. The van der Waals surface area contributed by atoms with Gasteiger partial charge in [-0.05, 0) is 55.2 Å². The second-order valence-corrected chi connectivity index (χ2v) is 8.85. The number of hydrogen-bond donors (Lipinski definition) is 2. The van der Waals surface area contributed by atoms with Gasteiger partial charge in [0.15, 0.2) is 0 Å². The highest BCUT2D eigenvalue weighted by molar-refractivity contribution is 5.96. The molecule has 5 heteroatoms. The lowest BCUT2D eigenvalue weighted by atomic mass is 9.77. The lowest BCUT2D eigenvalue weighted by molar-refractivity contribution is -0.151. The van der Waals surface area contributed by atoms with Crippen LogP contribution in [0, 0.1) is 11.3 Å². The Balaban J connectivity index is 1.31. The zero-order valence-corrected chi connectivity index (χ0v) is 18.1. The Kier molecular flexibility index (Phi) is 6.50. The molecule has 1 heterocycles. The van der Waals surface area contributed by atoms with E-state index in [0.29, 0.717) is 24.7 Å². The molecule has 0 radical (unpaired) electrons. The number of rotatable bonds is 6. The van der Waals surface area contributed by atoms with E-state index < -0.39 is 0 Å². The summed E-state index contributed by atoms with van der Waals surface area (Å²) in [6.07, 6.45) is 4.73. The summed E-state index contributed by atoms with van der Waals surface area (Å²) in [5.41, 5.74) is 3.72. The van der Waals surface area contributed by atoms with Crippen LogP contribution >= 0.6 is 0 Å². The Morgan fingerprint density at radius 3 is 2.42 bits per heavy atom. The normalized spacial score (nSPS) is 23.0. The van der Waals surface area contributed by atoms with Crippen molar-refractivity contribution in [2.75, 3.05) is 6.54 Å². The predicted octanol–water partition coefficient (Wildman–Crippen LogP) is 4.27. The molecule has 0 spiro atoms. The van der Waals surface area contributed by atoms with E-state index in [9.17, 15) is 9.59 Å². The van der Waals surface area contributed by atoms with Gasteiger partial charge in [-0.3, -0.25) is 9.59 Å². The minimum atomic E-state index is -0.340. The molecule has 2 N–H and O–H groups in total. The van der Waals surface area contributed by atoms with Gasteiger partial charge >= 0.3 is 0 Å². The van der Waals surface area contributed by atoms with Crippen LogP contribution in [0.15, 0.2) is 54.6 Å². The largest absolute Gasteiger partial charge is 0.350 e. The first kappa shape index (κ1) is 21.3. The monoisotopic (exact) mass is 417 g/mol. The molecule has 5 nitrogen and oxygen atoms in total. The standard InChI is InChI=1S/C26H31N3O2/c1-18(27)20-12-10-19(11-13-20)17-28-25(30)24-14-15-29(24)26(31)23-9-5-8-22(16-23)21-6-3-2-4-7-21/h2-4,6-7,10-13,22-24,27H,5,8-9,14-17H2,1H3,(H,28,30)/t22-,23+,24-/m0/s1. The van der Waals surface area contributed by atoms with E-state index in [-0.39, 0.29) is 23.8 Å². The van der Waals surface area contributed by atoms with Crippen LogP contribution in [0.5, 0.6) is 0 Å². The first-order valence-corrected chi connectivity index (χ1v) is 11.3. The van der Waals surface area contributed by atoms with Gasteiger partial charge in [0.25, 0.3) is 0 Å². The molecule has 1 saturated heterocycles. The van der Waals surface area contributed by atoms with E-state index in [1.807, 2.05) is 30.3 Å². The van der Waals surface area contributed by atoms with Crippen LogP contribution in [0.3, 0.4) is 0 Å². The molecule has 0 bridgehead atoms. The molecule has 1 aliphatic heterocycles. The van der Waals surface area contributed by atoms with Crippen molar-refractivity contribution in [3.63, 3.8) is 0 Å². The van der Waals surface area contributed by atoms with E-state index in [4.69, 9.17) is 5.41 Å². The Hall–Kier alpha value is -2.95. The number of likely N-dealkylation sites (tertiary alicyclic amines) is 1. The molecule has 0 aromatic heterocycles. The Labute approximate surface area is 184 Å². The van der Waals surface area contributed by atoms with E-state index in [0.717, 1.165) is 43.2 Å². The lowest BCUT2D eigenvalue weighted by Crippen LogP contribution is -2.59. The fourth-order valence-electron chi connectivity index (χ4n) is 4.78. The van der Waals surface area contributed by atoms with Crippen molar-refractivity contribution < 1.29 is 9.59 Å². The fraction of sp³-hybridized carbons (Fsp3) is 0.423.